The number of carbonyl (C=O) groups excluding carboxylic acids is 2. The maximum atomic E-state index is 12.9. The largest absolute Gasteiger partial charge is 0.330 e. The van der Waals surface area contributed by atoms with Gasteiger partial charge in [0.2, 0.25) is 11.8 Å². The van der Waals surface area contributed by atoms with Crippen LogP contribution in [-0.2, 0) is 15.0 Å². The van der Waals surface area contributed by atoms with Gasteiger partial charge in [0.15, 0.2) is 0 Å². The molecule has 0 bridgehead atoms. The molecule has 0 aliphatic carbocycles. The molecule has 2 aromatic carbocycles. The molecule has 172 valence electrons. The summed E-state index contributed by atoms with van der Waals surface area (Å²) in [5.41, 5.74) is 2.18. The van der Waals surface area contributed by atoms with Crippen molar-refractivity contribution in [2.75, 3.05) is 18.4 Å². The van der Waals surface area contributed by atoms with Crippen molar-refractivity contribution >= 4 is 35.3 Å². The highest BCUT2D eigenvalue weighted by atomic mass is 35.5. The Morgan fingerprint density at radius 3 is 2.39 bits per heavy atom. The molecule has 1 aromatic heterocycles. The van der Waals surface area contributed by atoms with Crippen molar-refractivity contribution in [2.24, 2.45) is 0 Å². The van der Waals surface area contributed by atoms with Gasteiger partial charge in [0, 0.05) is 24.1 Å². The molecule has 0 atom stereocenters. The molecule has 0 aliphatic heterocycles. The van der Waals surface area contributed by atoms with E-state index in [1.807, 2.05) is 61.5 Å². The highest BCUT2D eigenvalue weighted by Crippen LogP contribution is 2.29. The van der Waals surface area contributed by atoms with Crippen molar-refractivity contribution in [2.45, 2.75) is 33.1 Å². The van der Waals surface area contributed by atoms with Gasteiger partial charge < -0.3 is 10.2 Å². The molecule has 0 fully saturated rings. The third-order valence-electron chi connectivity index (χ3n) is 5.07. The lowest BCUT2D eigenvalue weighted by Crippen LogP contribution is -2.37. The van der Waals surface area contributed by atoms with Gasteiger partial charge in [-0.1, -0.05) is 74.8 Å². The van der Waals surface area contributed by atoms with Gasteiger partial charge in [-0.3, -0.25) is 9.59 Å². The van der Waals surface area contributed by atoms with Crippen molar-refractivity contribution in [3.63, 3.8) is 0 Å². The predicted octanol–water partition coefficient (Wildman–Crippen LogP) is 5.32. The summed E-state index contributed by atoms with van der Waals surface area (Å²) in [5.74, 6) is -0.0418. The second-order valence-corrected chi connectivity index (χ2v) is 9.08. The number of nitrogens with one attached hydrogen (secondary N) is 1. The fourth-order valence-corrected chi connectivity index (χ4v) is 3.40. The molecule has 0 aliphatic rings. The number of hydrogen-bond donors (Lipinski definition) is 1. The number of amides is 2. The molecule has 0 unspecified atom stereocenters. The summed E-state index contributed by atoms with van der Waals surface area (Å²) in [7, 11) is 0. The minimum atomic E-state index is -0.313. The second-order valence-electron chi connectivity index (χ2n) is 8.67. The normalized spacial score (nSPS) is 11.5. The molecule has 3 aromatic rings. The third-order valence-corrected chi connectivity index (χ3v) is 5.39. The average Bonchev–Trinajstić information content (AvgIpc) is 3.20. The standard InChI is InChI=1S/C26H29ClN4O2/c1-5-30(25(33)16-15-19-11-7-6-8-12-19)18-24(32)28-23-17-22(26(2,3)4)29-31(23)21-14-10-9-13-20(21)27/h6-17H,5,18H2,1-4H3,(H,28,32)/b16-15+. The van der Waals surface area contributed by atoms with Crippen LogP contribution in [0.4, 0.5) is 5.82 Å². The van der Waals surface area contributed by atoms with Crippen LogP contribution < -0.4 is 5.32 Å². The number of benzene rings is 2. The van der Waals surface area contributed by atoms with E-state index in [2.05, 4.69) is 31.2 Å². The lowest BCUT2D eigenvalue weighted by atomic mass is 9.92. The van der Waals surface area contributed by atoms with Crippen LogP contribution in [0.5, 0.6) is 0 Å². The lowest BCUT2D eigenvalue weighted by molar-refractivity contribution is -0.130. The molecule has 2 amide bonds. The third kappa shape index (κ3) is 6.33. The van der Waals surface area contributed by atoms with Crippen LogP contribution in [0.2, 0.25) is 5.02 Å². The Morgan fingerprint density at radius 2 is 1.76 bits per heavy atom. The van der Waals surface area contributed by atoms with Crippen LogP contribution in [-0.4, -0.2) is 39.6 Å². The first-order chi connectivity index (χ1) is 15.7. The Hall–Kier alpha value is -3.38. The molecule has 0 spiro atoms. The molecule has 6 nitrogen and oxygen atoms in total. The molecule has 0 saturated heterocycles. The van der Waals surface area contributed by atoms with Crippen LogP contribution >= 0.6 is 11.6 Å². The van der Waals surface area contributed by atoms with Gasteiger partial charge in [-0.05, 0) is 30.7 Å². The van der Waals surface area contributed by atoms with Crippen LogP contribution in [0.3, 0.4) is 0 Å². The fourth-order valence-electron chi connectivity index (χ4n) is 3.18. The quantitative estimate of drug-likeness (QED) is 0.481. The number of hydrogen-bond acceptors (Lipinski definition) is 3. The Kier molecular flexibility index (Phi) is 7.71. The van der Waals surface area contributed by atoms with Crippen LogP contribution in [0.25, 0.3) is 11.8 Å². The molecule has 1 N–H and O–H groups in total. The van der Waals surface area contributed by atoms with Crippen molar-refractivity contribution in [1.82, 2.24) is 14.7 Å². The van der Waals surface area contributed by atoms with Crippen LogP contribution in [0.1, 0.15) is 39.0 Å². The van der Waals surface area contributed by atoms with E-state index in [0.717, 1.165) is 11.3 Å². The van der Waals surface area contributed by atoms with E-state index in [1.165, 1.54) is 11.0 Å². The number of carbonyl (C=O) groups is 2. The van der Waals surface area contributed by atoms with Gasteiger partial charge in [-0.15, -0.1) is 0 Å². The summed E-state index contributed by atoms with van der Waals surface area (Å²) in [6.07, 6.45) is 3.22. The van der Waals surface area contributed by atoms with Gasteiger partial charge in [-0.2, -0.15) is 5.10 Å². The van der Waals surface area contributed by atoms with Gasteiger partial charge in [0.25, 0.3) is 0 Å². The maximum absolute atomic E-state index is 12.9. The molecule has 0 saturated carbocycles. The number of anilines is 1. The molecule has 0 radical (unpaired) electrons. The summed E-state index contributed by atoms with van der Waals surface area (Å²) in [5, 5.41) is 8.12. The van der Waals surface area contributed by atoms with Crippen molar-refractivity contribution in [1.29, 1.82) is 0 Å². The van der Waals surface area contributed by atoms with Gasteiger partial charge in [-0.25, -0.2) is 4.68 Å². The van der Waals surface area contributed by atoms with Crippen molar-refractivity contribution in [3.8, 4) is 5.69 Å². The summed E-state index contributed by atoms with van der Waals surface area (Å²) >= 11 is 6.39. The lowest BCUT2D eigenvalue weighted by Gasteiger charge is -2.19. The Morgan fingerprint density at radius 1 is 1.09 bits per heavy atom. The molecule has 7 heteroatoms. The number of likely N-dealkylation sites (N-methyl/N-ethyl adjacent to an activating group) is 1. The summed E-state index contributed by atoms with van der Waals surface area (Å²) in [4.78, 5) is 27.0. The Balaban J connectivity index is 1.78. The zero-order valence-corrected chi connectivity index (χ0v) is 20.1. The summed E-state index contributed by atoms with van der Waals surface area (Å²) in [6, 6.07) is 18.7. The van der Waals surface area contributed by atoms with Gasteiger partial charge >= 0.3 is 0 Å². The zero-order chi connectivity index (χ0) is 24.0. The topological polar surface area (TPSA) is 67.2 Å². The van der Waals surface area contributed by atoms with Crippen molar-refractivity contribution < 1.29 is 9.59 Å². The average molecular weight is 465 g/mol. The van der Waals surface area contributed by atoms with E-state index in [-0.39, 0.29) is 23.8 Å². The SMILES string of the molecule is CCN(CC(=O)Nc1cc(C(C)(C)C)nn1-c1ccccc1Cl)C(=O)/C=C/c1ccccc1. The molecule has 33 heavy (non-hydrogen) atoms. The molecule has 1 heterocycles. The van der Waals surface area contributed by atoms with Gasteiger partial charge in [0.05, 0.1) is 16.4 Å². The molecular formula is C26H29ClN4O2. The summed E-state index contributed by atoms with van der Waals surface area (Å²) in [6.45, 7) is 8.32. The number of rotatable bonds is 7. The number of halogens is 1. The predicted molar refractivity (Wildman–Crippen MR) is 134 cm³/mol. The Bertz CT molecular complexity index is 1150. The summed E-state index contributed by atoms with van der Waals surface area (Å²) < 4.78 is 1.63. The first-order valence-electron chi connectivity index (χ1n) is 10.9. The van der Waals surface area contributed by atoms with E-state index in [9.17, 15) is 9.59 Å². The molecule has 3 rings (SSSR count). The van der Waals surface area contributed by atoms with E-state index >= 15 is 0 Å². The highest BCUT2D eigenvalue weighted by Gasteiger charge is 2.23. The second kappa shape index (κ2) is 10.5. The zero-order valence-electron chi connectivity index (χ0n) is 19.4. The number of para-hydroxylation sites is 1. The minimum absolute atomic E-state index is 0.0764. The highest BCUT2D eigenvalue weighted by molar-refractivity contribution is 6.32. The minimum Gasteiger partial charge on any atom is -0.330 e. The van der Waals surface area contributed by atoms with E-state index in [1.54, 1.807) is 16.8 Å². The van der Waals surface area contributed by atoms with E-state index < -0.39 is 0 Å². The first kappa shape index (κ1) is 24.3. The van der Waals surface area contributed by atoms with Crippen molar-refractivity contribution in [3.05, 3.63) is 83.0 Å². The molecular weight excluding hydrogens is 436 g/mol. The smallest absolute Gasteiger partial charge is 0.247 e. The van der Waals surface area contributed by atoms with E-state index in [4.69, 9.17) is 11.6 Å². The Labute approximate surface area is 199 Å². The van der Waals surface area contributed by atoms with Gasteiger partial charge in [0.1, 0.15) is 12.4 Å². The first-order valence-corrected chi connectivity index (χ1v) is 11.2. The fraction of sp³-hybridized carbons (Fsp3) is 0.269. The van der Waals surface area contributed by atoms with E-state index in [0.29, 0.717) is 23.1 Å². The van der Waals surface area contributed by atoms with Crippen LogP contribution in [0, 0.1) is 0 Å². The maximum Gasteiger partial charge on any atom is 0.247 e. The number of aromatic nitrogens is 2. The monoisotopic (exact) mass is 464 g/mol. The number of nitrogens with zero attached hydrogens (tertiary/aromatic N) is 3. The van der Waals surface area contributed by atoms with Crippen LogP contribution in [0.15, 0.2) is 66.7 Å².